The van der Waals surface area contributed by atoms with Crippen molar-refractivity contribution < 1.29 is 40.9 Å². The molecule has 0 aromatic rings. The highest BCUT2D eigenvalue weighted by atomic mass is 32.3. The Morgan fingerprint density at radius 2 is 1.78 bits per heavy atom. The van der Waals surface area contributed by atoms with Gasteiger partial charge in [-0.25, -0.2) is 4.18 Å². The normalized spacial score (nSPS) is 25.7. The first-order valence-corrected chi connectivity index (χ1v) is 9.04. The van der Waals surface area contributed by atoms with Crippen molar-refractivity contribution in [3.8, 4) is 0 Å². The van der Waals surface area contributed by atoms with Crippen LogP contribution < -0.4 is 0 Å². The van der Waals surface area contributed by atoms with Gasteiger partial charge in [0.05, 0.1) is 0 Å². The summed E-state index contributed by atoms with van der Waals surface area (Å²) in [6.45, 7) is 4.59. The van der Waals surface area contributed by atoms with Crippen LogP contribution in [-0.2, 0) is 38.3 Å². The van der Waals surface area contributed by atoms with E-state index in [1.165, 1.54) is 21.1 Å². The van der Waals surface area contributed by atoms with E-state index in [1.54, 1.807) is 13.8 Å². The van der Waals surface area contributed by atoms with Gasteiger partial charge in [-0.05, 0) is 13.8 Å². The fraction of sp³-hybridized carbons (Fsp3) is 0.917. The molecule has 0 aliphatic carbocycles. The Hall–Kier alpha value is -0.270. The fourth-order valence-corrected chi connectivity index (χ4v) is 3.45. The molecule has 1 fully saturated rings. The molecule has 0 aromatic heterocycles. The smallest absolute Gasteiger partial charge is 0.353 e. The second kappa shape index (κ2) is 8.21. The maximum Gasteiger partial charge on any atom is 0.397 e. The van der Waals surface area contributed by atoms with Crippen LogP contribution in [0.15, 0.2) is 0 Å². The lowest BCUT2D eigenvalue weighted by atomic mass is 10.1. The molecule has 3 atom stereocenters. The van der Waals surface area contributed by atoms with Gasteiger partial charge >= 0.3 is 10.4 Å². The molecule has 0 radical (unpaired) electrons. The highest BCUT2D eigenvalue weighted by molar-refractivity contribution is 8.13. The quantitative estimate of drug-likeness (QED) is 0.478. The van der Waals surface area contributed by atoms with Gasteiger partial charge in [0, 0.05) is 26.9 Å². The van der Waals surface area contributed by atoms with Crippen LogP contribution in [0, 0.1) is 0 Å². The van der Waals surface area contributed by atoms with Gasteiger partial charge < -0.3 is 18.9 Å². The van der Waals surface area contributed by atoms with Crippen LogP contribution in [-0.4, -0.2) is 68.4 Å². The van der Waals surface area contributed by atoms with Crippen molar-refractivity contribution in [2.45, 2.75) is 51.2 Å². The zero-order valence-corrected chi connectivity index (χ0v) is 15.2. The van der Waals surface area contributed by atoms with Crippen LogP contribution in [0.25, 0.3) is 0 Å². The van der Waals surface area contributed by atoms with Gasteiger partial charge in [-0.1, -0.05) is 11.8 Å². The first-order valence-electron chi connectivity index (χ1n) is 6.69. The molecule has 1 heterocycles. The molecule has 9 nitrogen and oxygen atoms in total. The van der Waals surface area contributed by atoms with Gasteiger partial charge in [0.25, 0.3) is 0 Å². The third-order valence-electron chi connectivity index (χ3n) is 2.96. The Kier molecular flexibility index (Phi) is 7.41. The molecule has 23 heavy (non-hydrogen) atoms. The van der Waals surface area contributed by atoms with Gasteiger partial charge in [0.15, 0.2) is 17.2 Å². The second-order valence-electron chi connectivity index (χ2n) is 5.27. The third kappa shape index (κ3) is 6.63. The van der Waals surface area contributed by atoms with Gasteiger partial charge in [0.2, 0.25) is 0 Å². The lowest BCUT2D eigenvalue weighted by molar-refractivity contribution is -0.202. The van der Waals surface area contributed by atoms with E-state index in [4.69, 9.17) is 23.5 Å². The lowest BCUT2D eigenvalue weighted by Gasteiger charge is -2.28. The van der Waals surface area contributed by atoms with Gasteiger partial charge in [-0.15, -0.1) is 0 Å². The molecule has 1 rings (SSSR count). The fourth-order valence-electron chi connectivity index (χ4n) is 2.21. The number of hydrogen-bond donors (Lipinski definition) is 1. The van der Waals surface area contributed by atoms with Gasteiger partial charge in [-0.2, -0.15) is 8.42 Å². The van der Waals surface area contributed by atoms with Crippen LogP contribution in [0.1, 0.15) is 20.8 Å². The molecule has 11 heteroatoms. The molecule has 1 aliphatic rings. The Morgan fingerprint density at radius 1 is 1.26 bits per heavy atom. The Morgan fingerprint density at radius 3 is 2.22 bits per heavy atom. The van der Waals surface area contributed by atoms with E-state index >= 15 is 0 Å². The number of methoxy groups -OCH3 is 2. The molecular weight excluding hydrogens is 352 g/mol. The van der Waals surface area contributed by atoms with Crippen LogP contribution in [0.5, 0.6) is 0 Å². The Labute approximate surface area is 139 Å². The summed E-state index contributed by atoms with van der Waals surface area (Å²) in [7, 11) is -1.97. The minimum atomic E-state index is -4.75. The first kappa shape index (κ1) is 20.8. The van der Waals surface area contributed by atoms with E-state index in [9.17, 15) is 13.2 Å². The molecule has 0 aromatic carbocycles. The number of thioether (sulfide) groups is 1. The van der Waals surface area contributed by atoms with E-state index < -0.39 is 40.8 Å². The summed E-state index contributed by atoms with van der Waals surface area (Å²) in [6, 6.07) is 0. The van der Waals surface area contributed by atoms with Gasteiger partial charge in [-0.3, -0.25) is 9.35 Å². The number of carbonyl (C=O) groups is 1. The number of carbonyl (C=O) groups excluding carboxylic acids is 1. The molecule has 1 aliphatic heterocycles. The van der Waals surface area contributed by atoms with E-state index in [1.807, 2.05) is 0 Å². The molecule has 1 saturated heterocycles. The predicted octanol–water partition coefficient (Wildman–Crippen LogP) is 0.593. The number of ether oxygens (including phenoxy) is 4. The van der Waals surface area contributed by atoms with Crippen LogP contribution in [0.2, 0.25) is 0 Å². The summed E-state index contributed by atoms with van der Waals surface area (Å²) in [4.78, 5) is 11.2. The van der Waals surface area contributed by atoms with Crippen LogP contribution in [0.4, 0.5) is 0 Å². The summed E-state index contributed by atoms with van der Waals surface area (Å²) in [5, 5.41) is -0.237. The van der Waals surface area contributed by atoms with Crippen molar-refractivity contribution in [2.24, 2.45) is 0 Å². The largest absolute Gasteiger partial charge is 0.397 e. The standard InChI is InChI=1S/C12H22O9S2/c1-7(13)22-6-8(21-23(14,15)16)9-10(11(17-4)18-5)20-12(2,3)19-9/h8-11H,6H2,1-5H3,(H,14,15,16)/t8-,9+,10-/m1/s1. The number of hydrogen-bond acceptors (Lipinski definition) is 9. The maximum absolute atomic E-state index is 11.2. The maximum atomic E-state index is 11.2. The molecule has 0 amide bonds. The average molecular weight is 374 g/mol. The third-order valence-corrected chi connectivity index (χ3v) is 4.35. The molecule has 136 valence electrons. The van der Waals surface area contributed by atoms with E-state index in [2.05, 4.69) is 4.18 Å². The van der Waals surface area contributed by atoms with E-state index in [-0.39, 0.29) is 10.9 Å². The Bertz CT molecular complexity index is 501. The molecule has 0 bridgehead atoms. The lowest BCUT2D eigenvalue weighted by Crippen LogP contribution is -2.46. The van der Waals surface area contributed by atoms with Crippen molar-refractivity contribution >= 4 is 27.3 Å². The van der Waals surface area contributed by atoms with Crippen molar-refractivity contribution in [3.05, 3.63) is 0 Å². The second-order valence-corrected chi connectivity index (χ2v) is 7.51. The van der Waals surface area contributed by atoms with Crippen LogP contribution >= 0.6 is 11.8 Å². The average Bonchev–Trinajstić information content (AvgIpc) is 2.70. The first-order chi connectivity index (χ1) is 10.5. The monoisotopic (exact) mass is 374 g/mol. The van der Waals surface area contributed by atoms with Crippen LogP contribution in [0.3, 0.4) is 0 Å². The molecule has 0 unspecified atom stereocenters. The molecule has 0 spiro atoms. The van der Waals surface area contributed by atoms with Crippen molar-refractivity contribution in [1.29, 1.82) is 0 Å². The zero-order valence-electron chi connectivity index (χ0n) is 13.5. The summed E-state index contributed by atoms with van der Waals surface area (Å²) in [6.07, 6.45) is -3.78. The predicted molar refractivity (Wildman–Crippen MR) is 81.2 cm³/mol. The number of rotatable bonds is 8. The summed E-state index contributed by atoms with van der Waals surface area (Å²) in [5.74, 6) is -1.11. The molecular formula is C12H22O9S2. The zero-order chi connectivity index (χ0) is 17.8. The van der Waals surface area contributed by atoms with E-state index in [0.29, 0.717) is 0 Å². The van der Waals surface area contributed by atoms with Crippen molar-refractivity contribution in [3.63, 3.8) is 0 Å². The highest BCUT2D eigenvalue weighted by Gasteiger charge is 2.50. The van der Waals surface area contributed by atoms with Gasteiger partial charge in [0.1, 0.15) is 18.3 Å². The Balaban J connectivity index is 3.05. The highest BCUT2D eigenvalue weighted by Crippen LogP contribution is 2.35. The van der Waals surface area contributed by atoms with Crippen molar-refractivity contribution in [1.82, 2.24) is 0 Å². The minimum absolute atomic E-state index is 0.0596. The van der Waals surface area contributed by atoms with E-state index in [0.717, 1.165) is 11.8 Å². The summed E-state index contributed by atoms with van der Waals surface area (Å²) >= 11 is 0.839. The summed E-state index contributed by atoms with van der Waals surface area (Å²) in [5.41, 5.74) is 0. The minimum Gasteiger partial charge on any atom is -0.353 e. The molecule has 1 N–H and O–H groups in total. The molecule has 0 saturated carbocycles. The summed E-state index contributed by atoms with van der Waals surface area (Å²) < 4.78 is 57.5. The SMILES string of the molecule is COC(OC)[C@@H]1OC(C)(C)O[C@H]1[C@@H](CSC(C)=O)OS(=O)(=O)O. The van der Waals surface area contributed by atoms with Crippen molar-refractivity contribution in [2.75, 3.05) is 20.0 Å². The topological polar surface area (TPSA) is 118 Å².